The molecule has 4 heteroatoms. The number of hydrogen-bond donors (Lipinski definition) is 3. The van der Waals surface area contributed by atoms with Gasteiger partial charge in [-0.3, -0.25) is 0 Å². The van der Waals surface area contributed by atoms with Gasteiger partial charge >= 0.3 is 5.97 Å². The molecular formula is C11H16O4. The van der Waals surface area contributed by atoms with Crippen molar-refractivity contribution in [2.45, 2.75) is 12.8 Å². The molecule has 0 heterocycles. The molecule has 0 aliphatic carbocycles. The van der Waals surface area contributed by atoms with Gasteiger partial charge in [0.05, 0.1) is 5.56 Å². The van der Waals surface area contributed by atoms with Crippen LogP contribution >= 0.6 is 0 Å². The summed E-state index contributed by atoms with van der Waals surface area (Å²) in [5.74, 6) is -0.879. The molecule has 0 amide bonds. The summed E-state index contributed by atoms with van der Waals surface area (Å²) in [7, 11) is 0. The minimum atomic E-state index is -0.879. The minimum Gasteiger partial charge on any atom is -0.478 e. The molecule has 0 aromatic heterocycles. The van der Waals surface area contributed by atoms with Gasteiger partial charge in [-0.1, -0.05) is 18.2 Å². The lowest BCUT2D eigenvalue weighted by Gasteiger charge is -1.88. The lowest BCUT2D eigenvalue weighted by Crippen LogP contribution is -1.93. The van der Waals surface area contributed by atoms with Crippen molar-refractivity contribution in [3.8, 4) is 0 Å². The minimum absolute atomic E-state index is 0.195. The highest BCUT2D eigenvalue weighted by Gasteiger charge is 1.96. The second-order valence-corrected chi connectivity index (χ2v) is 2.83. The van der Waals surface area contributed by atoms with Crippen LogP contribution in [-0.2, 0) is 0 Å². The van der Waals surface area contributed by atoms with Gasteiger partial charge in [0, 0.05) is 13.2 Å². The molecule has 0 bridgehead atoms. The summed E-state index contributed by atoms with van der Waals surface area (Å²) < 4.78 is 0. The summed E-state index contributed by atoms with van der Waals surface area (Å²) in [5.41, 5.74) is 0.331. The third-order valence-electron chi connectivity index (χ3n) is 1.59. The number of aliphatic hydroxyl groups is 2. The van der Waals surface area contributed by atoms with Crippen LogP contribution in [0.3, 0.4) is 0 Å². The van der Waals surface area contributed by atoms with Gasteiger partial charge in [0.25, 0.3) is 0 Å². The molecule has 0 atom stereocenters. The maximum atomic E-state index is 10.2. The average molecular weight is 212 g/mol. The van der Waals surface area contributed by atoms with Crippen molar-refractivity contribution >= 4 is 5.97 Å². The van der Waals surface area contributed by atoms with E-state index >= 15 is 0 Å². The predicted octanol–water partition coefficient (Wildman–Crippen LogP) is 1.14. The van der Waals surface area contributed by atoms with Crippen LogP contribution in [0.5, 0.6) is 0 Å². The van der Waals surface area contributed by atoms with E-state index < -0.39 is 5.97 Å². The number of unbranched alkanes of at least 4 members (excludes halogenated alkanes) is 1. The number of aromatic carboxylic acids is 1. The van der Waals surface area contributed by atoms with Crippen LogP contribution in [0.2, 0.25) is 0 Å². The van der Waals surface area contributed by atoms with Gasteiger partial charge in [0.1, 0.15) is 0 Å². The van der Waals surface area contributed by atoms with Crippen molar-refractivity contribution in [2.24, 2.45) is 0 Å². The molecule has 3 N–H and O–H groups in total. The molecule has 0 aliphatic rings. The Morgan fingerprint density at radius 3 is 1.73 bits per heavy atom. The summed E-state index contributed by atoms with van der Waals surface area (Å²) in [6, 6.07) is 8.30. The van der Waals surface area contributed by atoms with E-state index in [1.165, 1.54) is 0 Å². The normalized spacial score (nSPS) is 8.93. The Bertz CT molecular complexity index is 255. The SMILES string of the molecule is O=C(O)c1ccccc1.OCCCCO. The Labute approximate surface area is 88.8 Å². The Morgan fingerprint density at radius 2 is 1.47 bits per heavy atom. The van der Waals surface area contributed by atoms with Crippen LogP contribution in [0.25, 0.3) is 0 Å². The first-order valence-corrected chi connectivity index (χ1v) is 4.72. The van der Waals surface area contributed by atoms with E-state index in [0.29, 0.717) is 5.56 Å². The first kappa shape index (κ1) is 13.6. The number of benzene rings is 1. The standard InChI is InChI=1S/C7H6O2.C4H10O2/c8-7(9)6-4-2-1-3-5-6;5-3-1-2-4-6/h1-5H,(H,8,9);5-6H,1-4H2. The van der Waals surface area contributed by atoms with Crippen molar-refractivity contribution in [1.29, 1.82) is 0 Å². The Kier molecular flexibility index (Phi) is 8.33. The summed E-state index contributed by atoms with van der Waals surface area (Å²) in [4.78, 5) is 10.2. The second-order valence-electron chi connectivity index (χ2n) is 2.83. The highest BCUT2D eigenvalue weighted by molar-refractivity contribution is 5.87. The molecule has 4 nitrogen and oxygen atoms in total. The Morgan fingerprint density at radius 1 is 1.00 bits per heavy atom. The van der Waals surface area contributed by atoms with Crippen LogP contribution in [0.15, 0.2) is 30.3 Å². The molecular weight excluding hydrogens is 196 g/mol. The van der Waals surface area contributed by atoms with E-state index in [-0.39, 0.29) is 13.2 Å². The van der Waals surface area contributed by atoms with Crippen LogP contribution < -0.4 is 0 Å². The molecule has 84 valence electrons. The van der Waals surface area contributed by atoms with E-state index in [9.17, 15) is 4.79 Å². The molecule has 0 fully saturated rings. The highest BCUT2D eigenvalue weighted by atomic mass is 16.4. The first-order valence-electron chi connectivity index (χ1n) is 4.72. The zero-order valence-corrected chi connectivity index (χ0v) is 8.47. The third-order valence-corrected chi connectivity index (χ3v) is 1.59. The van der Waals surface area contributed by atoms with E-state index in [0.717, 1.165) is 12.8 Å². The molecule has 15 heavy (non-hydrogen) atoms. The maximum absolute atomic E-state index is 10.2. The molecule has 0 saturated carbocycles. The molecule has 0 saturated heterocycles. The van der Waals surface area contributed by atoms with Crippen LogP contribution in [0.1, 0.15) is 23.2 Å². The van der Waals surface area contributed by atoms with E-state index in [1.54, 1.807) is 30.3 Å². The lowest BCUT2D eigenvalue weighted by atomic mass is 10.2. The van der Waals surface area contributed by atoms with Gasteiger partial charge < -0.3 is 15.3 Å². The fourth-order valence-corrected chi connectivity index (χ4v) is 0.804. The smallest absolute Gasteiger partial charge is 0.335 e. The van der Waals surface area contributed by atoms with Crippen molar-refractivity contribution in [1.82, 2.24) is 0 Å². The van der Waals surface area contributed by atoms with E-state index in [1.807, 2.05) is 0 Å². The zero-order valence-electron chi connectivity index (χ0n) is 8.47. The molecule has 0 aliphatic heterocycles. The predicted molar refractivity (Wildman–Crippen MR) is 56.8 cm³/mol. The maximum Gasteiger partial charge on any atom is 0.335 e. The van der Waals surface area contributed by atoms with Crippen LogP contribution in [-0.4, -0.2) is 34.5 Å². The average Bonchev–Trinajstić information content (AvgIpc) is 2.28. The van der Waals surface area contributed by atoms with Crippen LogP contribution in [0.4, 0.5) is 0 Å². The highest BCUT2D eigenvalue weighted by Crippen LogP contribution is 1.96. The number of aliphatic hydroxyl groups excluding tert-OH is 2. The van der Waals surface area contributed by atoms with Gasteiger partial charge in [-0.25, -0.2) is 4.79 Å². The summed E-state index contributed by atoms with van der Waals surface area (Å²) in [6.07, 6.45) is 1.44. The Balaban J connectivity index is 0.000000288. The quantitative estimate of drug-likeness (QED) is 0.654. The second kappa shape index (κ2) is 9.18. The number of rotatable bonds is 4. The first-order chi connectivity index (χ1) is 7.22. The van der Waals surface area contributed by atoms with Crippen molar-refractivity contribution in [3.05, 3.63) is 35.9 Å². The molecule has 0 radical (unpaired) electrons. The fraction of sp³-hybridized carbons (Fsp3) is 0.364. The molecule has 1 aromatic rings. The van der Waals surface area contributed by atoms with Crippen molar-refractivity contribution in [2.75, 3.05) is 13.2 Å². The summed E-state index contributed by atoms with van der Waals surface area (Å²) >= 11 is 0. The number of carboxylic acid groups (broad SMARTS) is 1. The number of carbonyl (C=O) groups is 1. The number of carboxylic acids is 1. The van der Waals surface area contributed by atoms with E-state index in [4.69, 9.17) is 15.3 Å². The van der Waals surface area contributed by atoms with Gasteiger partial charge in [0.15, 0.2) is 0 Å². The van der Waals surface area contributed by atoms with E-state index in [2.05, 4.69) is 0 Å². The van der Waals surface area contributed by atoms with Gasteiger partial charge in [-0.15, -0.1) is 0 Å². The summed E-state index contributed by atoms with van der Waals surface area (Å²) in [6.45, 7) is 0.390. The fourth-order valence-electron chi connectivity index (χ4n) is 0.804. The molecule has 1 rings (SSSR count). The number of hydrogen-bond acceptors (Lipinski definition) is 3. The zero-order chi connectivity index (χ0) is 11.5. The molecule has 1 aromatic carbocycles. The largest absolute Gasteiger partial charge is 0.478 e. The van der Waals surface area contributed by atoms with Crippen molar-refractivity contribution < 1.29 is 20.1 Å². The molecule has 0 unspecified atom stereocenters. The third kappa shape index (κ3) is 7.66. The Hall–Kier alpha value is -1.39. The van der Waals surface area contributed by atoms with Gasteiger partial charge in [-0.2, -0.15) is 0 Å². The topological polar surface area (TPSA) is 77.8 Å². The van der Waals surface area contributed by atoms with Crippen LogP contribution in [0, 0.1) is 0 Å². The van der Waals surface area contributed by atoms with Gasteiger partial charge in [-0.05, 0) is 25.0 Å². The van der Waals surface area contributed by atoms with Crippen molar-refractivity contribution in [3.63, 3.8) is 0 Å². The summed E-state index contributed by atoms with van der Waals surface area (Å²) in [5, 5.41) is 24.6. The lowest BCUT2D eigenvalue weighted by molar-refractivity contribution is 0.0697. The molecule has 0 spiro atoms. The van der Waals surface area contributed by atoms with Gasteiger partial charge in [0.2, 0.25) is 0 Å². The monoisotopic (exact) mass is 212 g/mol.